The van der Waals surface area contributed by atoms with E-state index in [2.05, 4.69) is 36.0 Å². The Hall–Kier alpha value is -3.51. The lowest BCUT2D eigenvalue weighted by Crippen LogP contribution is -2.45. The Bertz CT molecular complexity index is 1450. The second-order valence-corrected chi connectivity index (χ2v) is 12.9. The number of rotatable bonds is 4. The van der Waals surface area contributed by atoms with Gasteiger partial charge >= 0.3 is 5.97 Å². The third kappa shape index (κ3) is 6.44. The number of anilines is 1. The minimum Gasteiger partial charge on any atom is -0.495 e. The summed E-state index contributed by atoms with van der Waals surface area (Å²) in [4.78, 5) is 19.6. The molecule has 0 aromatic carbocycles. The van der Waals surface area contributed by atoms with E-state index < -0.39 is 17.7 Å². The maximum atomic E-state index is 12.7. The topological polar surface area (TPSA) is 129 Å². The van der Waals surface area contributed by atoms with Crippen molar-refractivity contribution in [3.63, 3.8) is 0 Å². The molecule has 3 aromatic rings. The Balaban J connectivity index is 1.63. The fourth-order valence-corrected chi connectivity index (χ4v) is 5.60. The highest BCUT2D eigenvalue weighted by molar-refractivity contribution is 5.78. The Morgan fingerprint density at radius 2 is 1.98 bits per heavy atom. The standard InChI is InChI=1S/C30H43N7O5/c1-19(2)25-22-18-36(34-32-22)17-21-16-23-31-20(3)24(26(28(38)39)42-29(4,5)6)27(37(23)33-21)35-12-10-30(7,11-13-35)41-15-9-8-14-40-25/h9,15-16,18-19,25-26H,8,10-14,17H2,1-7H3,(H,38,39)/t25?,26-/m0/s1. The van der Waals surface area contributed by atoms with E-state index in [1.165, 1.54) is 0 Å². The smallest absolute Gasteiger partial charge is 0.337 e. The molecule has 42 heavy (non-hydrogen) atoms. The molecule has 12 nitrogen and oxygen atoms in total. The number of piperidine rings is 1. The highest BCUT2D eigenvalue weighted by Gasteiger charge is 2.38. The summed E-state index contributed by atoms with van der Waals surface area (Å²) >= 11 is 0. The number of carboxylic acids is 1. The molecule has 1 saturated heterocycles. The normalized spacial score (nSPS) is 22.7. The Kier molecular flexibility index (Phi) is 8.30. The molecule has 3 aromatic heterocycles. The number of aromatic nitrogens is 6. The lowest BCUT2D eigenvalue weighted by molar-refractivity contribution is -0.160. The Morgan fingerprint density at radius 3 is 2.64 bits per heavy atom. The first-order valence-electron chi connectivity index (χ1n) is 14.7. The average Bonchev–Trinajstić information content (AvgIpc) is 3.52. The first kappa shape index (κ1) is 30.0. The van der Waals surface area contributed by atoms with Crippen molar-refractivity contribution in [3.05, 3.63) is 47.2 Å². The van der Waals surface area contributed by atoms with Crippen molar-refractivity contribution < 1.29 is 24.1 Å². The molecule has 3 aliphatic heterocycles. The number of carboxylic acid groups (broad SMARTS) is 1. The van der Waals surface area contributed by atoms with Crippen molar-refractivity contribution in [2.45, 2.75) is 97.7 Å². The molecule has 0 radical (unpaired) electrons. The number of fused-ring (bicyclic) bond motifs is 7. The quantitative estimate of drug-likeness (QED) is 0.466. The van der Waals surface area contributed by atoms with Crippen molar-refractivity contribution in [2.75, 3.05) is 24.6 Å². The van der Waals surface area contributed by atoms with Gasteiger partial charge < -0.3 is 24.2 Å². The molecule has 228 valence electrons. The van der Waals surface area contributed by atoms with Gasteiger partial charge in [0.25, 0.3) is 0 Å². The van der Waals surface area contributed by atoms with Gasteiger partial charge in [-0.05, 0) is 53.0 Å². The van der Waals surface area contributed by atoms with Gasteiger partial charge in [-0.1, -0.05) is 19.1 Å². The maximum Gasteiger partial charge on any atom is 0.337 e. The molecule has 12 heteroatoms. The number of aliphatic carboxylic acids is 1. The van der Waals surface area contributed by atoms with Crippen LogP contribution in [0.1, 0.15) is 95.7 Å². The molecular formula is C30H43N7O5. The predicted molar refractivity (Wildman–Crippen MR) is 156 cm³/mol. The molecule has 6 bridgehead atoms. The fraction of sp³-hybridized carbons (Fsp3) is 0.633. The molecule has 3 aliphatic rings. The number of ether oxygens (including phenoxy) is 3. The molecule has 0 amide bonds. The molecule has 0 aliphatic carbocycles. The summed E-state index contributed by atoms with van der Waals surface area (Å²) in [7, 11) is 0. The highest BCUT2D eigenvalue weighted by atomic mass is 16.5. The zero-order valence-corrected chi connectivity index (χ0v) is 25.7. The largest absolute Gasteiger partial charge is 0.495 e. The van der Waals surface area contributed by atoms with E-state index in [0.717, 1.165) is 30.7 Å². The average molecular weight is 582 g/mol. The first-order valence-corrected chi connectivity index (χ1v) is 14.7. The fourth-order valence-electron chi connectivity index (χ4n) is 5.60. The summed E-state index contributed by atoms with van der Waals surface area (Å²) in [5.74, 6) is -0.169. The summed E-state index contributed by atoms with van der Waals surface area (Å²) in [6.07, 6.45) is 6.49. The van der Waals surface area contributed by atoms with Gasteiger partial charge in [0.1, 0.15) is 23.2 Å². The van der Waals surface area contributed by atoms with Crippen LogP contribution in [0.15, 0.2) is 24.6 Å². The lowest BCUT2D eigenvalue weighted by Gasteiger charge is -2.41. The minimum atomic E-state index is -1.22. The number of aryl methyl sites for hydroxylation is 1. The molecular weight excluding hydrogens is 538 g/mol. The van der Waals surface area contributed by atoms with Crippen molar-refractivity contribution in [1.29, 1.82) is 0 Å². The van der Waals surface area contributed by atoms with Crippen LogP contribution in [-0.4, -0.2) is 71.6 Å². The lowest BCUT2D eigenvalue weighted by atomic mass is 9.92. The van der Waals surface area contributed by atoms with Gasteiger partial charge in [0.15, 0.2) is 11.8 Å². The SMILES string of the molecule is Cc1nc2cc3nn2c(c1[C@H](OC(C)(C)C)C(=O)O)N1CCC(C)(CC1)OC=CCCOC(C(C)C)c1cn(nn1)C3. The summed E-state index contributed by atoms with van der Waals surface area (Å²) in [6.45, 7) is 16.0. The minimum absolute atomic E-state index is 0.189. The van der Waals surface area contributed by atoms with E-state index in [4.69, 9.17) is 24.3 Å². The van der Waals surface area contributed by atoms with E-state index in [1.807, 2.05) is 46.0 Å². The summed E-state index contributed by atoms with van der Waals surface area (Å²) in [5, 5.41) is 24.0. The van der Waals surface area contributed by atoms with Gasteiger partial charge in [-0.25, -0.2) is 14.5 Å². The van der Waals surface area contributed by atoms with Crippen LogP contribution in [0, 0.1) is 12.8 Å². The van der Waals surface area contributed by atoms with Crippen LogP contribution in [0.25, 0.3) is 5.65 Å². The van der Waals surface area contributed by atoms with Crippen molar-refractivity contribution in [1.82, 2.24) is 29.6 Å². The van der Waals surface area contributed by atoms with Crippen molar-refractivity contribution in [2.24, 2.45) is 5.92 Å². The van der Waals surface area contributed by atoms with Crippen LogP contribution in [-0.2, 0) is 25.5 Å². The number of hydrogen-bond donors (Lipinski definition) is 1. The summed E-state index contributed by atoms with van der Waals surface area (Å²) in [6, 6.07) is 1.92. The monoisotopic (exact) mass is 581 g/mol. The zero-order chi connectivity index (χ0) is 30.2. The van der Waals surface area contributed by atoms with Gasteiger partial charge in [-0.2, -0.15) is 9.61 Å². The van der Waals surface area contributed by atoms with Crippen LogP contribution in [0.2, 0.25) is 0 Å². The molecule has 1 unspecified atom stereocenters. The van der Waals surface area contributed by atoms with E-state index in [-0.39, 0.29) is 17.6 Å². The Morgan fingerprint density at radius 1 is 1.24 bits per heavy atom. The Labute approximate surface area is 246 Å². The van der Waals surface area contributed by atoms with Gasteiger partial charge in [-0.3, -0.25) is 0 Å². The molecule has 0 spiro atoms. The number of carbonyl (C=O) groups is 1. The number of hydrogen-bond acceptors (Lipinski definition) is 9. The third-order valence-electron chi connectivity index (χ3n) is 7.74. The molecule has 6 heterocycles. The van der Waals surface area contributed by atoms with Crippen LogP contribution in [0.3, 0.4) is 0 Å². The van der Waals surface area contributed by atoms with Gasteiger partial charge in [0.05, 0.1) is 42.5 Å². The third-order valence-corrected chi connectivity index (χ3v) is 7.74. The number of nitrogens with zero attached hydrogens (tertiary/aromatic N) is 7. The first-order chi connectivity index (χ1) is 19.8. The zero-order valence-electron chi connectivity index (χ0n) is 25.7. The van der Waals surface area contributed by atoms with Crippen LogP contribution in [0.5, 0.6) is 0 Å². The molecule has 0 saturated carbocycles. The van der Waals surface area contributed by atoms with Crippen LogP contribution >= 0.6 is 0 Å². The maximum absolute atomic E-state index is 12.7. The van der Waals surface area contributed by atoms with Crippen LogP contribution < -0.4 is 4.90 Å². The highest BCUT2D eigenvalue weighted by Crippen LogP contribution is 2.38. The molecule has 2 atom stereocenters. The summed E-state index contributed by atoms with van der Waals surface area (Å²) < 4.78 is 22.1. The second-order valence-electron chi connectivity index (χ2n) is 12.9. The predicted octanol–water partition coefficient (Wildman–Crippen LogP) is 4.62. The molecule has 1 fully saturated rings. The van der Waals surface area contributed by atoms with E-state index >= 15 is 0 Å². The van der Waals surface area contributed by atoms with E-state index in [9.17, 15) is 9.90 Å². The molecule has 6 rings (SSSR count). The van der Waals surface area contributed by atoms with Gasteiger partial charge in [0, 0.05) is 37.7 Å². The van der Waals surface area contributed by atoms with Gasteiger partial charge in [0.2, 0.25) is 0 Å². The van der Waals surface area contributed by atoms with Crippen molar-refractivity contribution >= 4 is 17.4 Å². The van der Waals surface area contributed by atoms with Crippen molar-refractivity contribution in [3.8, 4) is 0 Å². The second kappa shape index (κ2) is 11.6. The van der Waals surface area contributed by atoms with E-state index in [0.29, 0.717) is 49.0 Å². The molecule has 1 N–H and O–H groups in total. The van der Waals surface area contributed by atoms with Gasteiger partial charge in [-0.15, -0.1) is 5.10 Å². The van der Waals surface area contributed by atoms with E-state index in [1.54, 1.807) is 15.5 Å². The summed E-state index contributed by atoms with van der Waals surface area (Å²) in [5.41, 5.74) is 2.19. The van der Waals surface area contributed by atoms with Crippen LogP contribution in [0.4, 0.5) is 5.82 Å².